The minimum absolute atomic E-state index is 0.0784. The zero-order valence-electron chi connectivity index (χ0n) is 20.3. The zero-order chi connectivity index (χ0) is 24.1. The predicted molar refractivity (Wildman–Crippen MR) is 132 cm³/mol. The molecule has 0 aliphatic rings. The number of benzene rings is 1. The van der Waals surface area contributed by atoms with Crippen molar-refractivity contribution in [1.29, 1.82) is 0 Å². The van der Waals surface area contributed by atoms with Crippen LogP contribution >= 0.6 is 0 Å². The highest BCUT2D eigenvalue weighted by Gasteiger charge is 2.26. The van der Waals surface area contributed by atoms with E-state index in [0.717, 1.165) is 42.3 Å². The first-order valence-corrected chi connectivity index (χ1v) is 11.6. The van der Waals surface area contributed by atoms with Crippen LogP contribution in [0.1, 0.15) is 42.2 Å². The number of aromatic amines is 1. The van der Waals surface area contributed by atoms with E-state index in [1.54, 1.807) is 10.8 Å². The number of nitrogens with one attached hydrogen (secondary N) is 1. The average molecular weight is 461 g/mol. The summed E-state index contributed by atoms with van der Waals surface area (Å²) in [6.07, 6.45) is 6.10. The number of likely N-dealkylation sites (N-methyl/N-ethyl adjacent to an activating group) is 1. The van der Waals surface area contributed by atoms with Crippen LogP contribution in [0.5, 0.6) is 0 Å². The Kier molecular flexibility index (Phi) is 7.44. The molecular weight excluding hydrogens is 428 g/mol. The van der Waals surface area contributed by atoms with Gasteiger partial charge in [0.25, 0.3) is 5.56 Å². The number of aryl methyl sites for hydroxylation is 1. The number of H-pyrrole nitrogens is 1. The van der Waals surface area contributed by atoms with Crippen LogP contribution in [0.4, 0.5) is 0 Å². The van der Waals surface area contributed by atoms with Crippen LogP contribution < -0.4 is 5.56 Å². The molecule has 9 nitrogen and oxygen atoms in total. The summed E-state index contributed by atoms with van der Waals surface area (Å²) in [6.45, 7) is 6.81. The summed E-state index contributed by atoms with van der Waals surface area (Å²) in [5, 5.41) is 7.48. The number of fused-ring (bicyclic) bond motifs is 1. The molecule has 0 aliphatic carbocycles. The molecule has 1 atom stereocenters. The lowest BCUT2D eigenvalue weighted by molar-refractivity contribution is 0.155. The topological polar surface area (TPSA) is 95.8 Å². The second-order valence-electron chi connectivity index (χ2n) is 8.82. The molecule has 0 saturated heterocycles. The van der Waals surface area contributed by atoms with Crippen LogP contribution in [-0.4, -0.2) is 66.7 Å². The van der Waals surface area contributed by atoms with E-state index in [-0.39, 0.29) is 11.6 Å². The van der Waals surface area contributed by atoms with Gasteiger partial charge in [-0.05, 0) is 33.0 Å². The van der Waals surface area contributed by atoms with Crippen molar-refractivity contribution < 1.29 is 0 Å². The molecule has 4 aromatic rings. The van der Waals surface area contributed by atoms with E-state index in [4.69, 9.17) is 4.98 Å². The summed E-state index contributed by atoms with van der Waals surface area (Å²) >= 11 is 0. The van der Waals surface area contributed by atoms with Crippen molar-refractivity contribution in [2.75, 3.05) is 27.2 Å². The third-order valence-electron chi connectivity index (χ3n) is 5.96. The lowest BCUT2D eigenvalue weighted by atomic mass is 10.1. The molecule has 9 heteroatoms. The molecule has 0 aliphatic heterocycles. The Morgan fingerprint density at radius 1 is 1.03 bits per heavy atom. The molecule has 0 fully saturated rings. The molecule has 0 spiro atoms. The quantitative estimate of drug-likeness (QED) is 0.389. The molecule has 0 amide bonds. The van der Waals surface area contributed by atoms with Crippen LogP contribution in [0.2, 0.25) is 0 Å². The van der Waals surface area contributed by atoms with Crippen LogP contribution in [-0.2, 0) is 13.1 Å². The molecule has 178 valence electrons. The highest BCUT2D eigenvalue weighted by Crippen LogP contribution is 2.25. The van der Waals surface area contributed by atoms with E-state index in [0.29, 0.717) is 24.1 Å². The highest BCUT2D eigenvalue weighted by atomic mass is 16.1. The Morgan fingerprint density at radius 2 is 1.76 bits per heavy atom. The molecule has 1 aromatic carbocycles. The van der Waals surface area contributed by atoms with Crippen molar-refractivity contribution in [3.05, 3.63) is 82.1 Å². The number of nitrogens with zero attached hydrogens (tertiary/aromatic N) is 7. The van der Waals surface area contributed by atoms with Crippen LogP contribution in [0.25, 0.3) is 11.0 Å². The average Bonchev–Trinajstić information content (AvgIpc) is 3.31. The minimum atomic E-state index is -0.0812. The van der Waals surface area contributed by atoms with E-state index in [2.05, 4.69) is 51.0 Å². The van der Waals surface area contributed by atoms with Gasteiger partial charge in [0, 0.05) is 37.6 Å². The molecule has 4 rings (SSSR count). The van der Waals surface area contributed by atoms with Crippen molar-refractivity contribution in [2.24, 2.45) is 0 Å². The maximum absolute atomic E-state index is 13.5. The molecule has 0 bridgehead atoms. The molecule has 34 heavy (non-hydrogen) atoms. The first-order chi connectivity index (χ1) is 16.5. The summed E-state index contributed by atoms with van der Waals surface area (Å²) in [4.78, 5) is 31.7. The summed E-state index contributed by atoms with van der Waals surface area (Å²) in [6, 6.07) is 9.94. The largest absolute Gasteiger partial charge is 0.308 e. The Hall–Kier alpha value is -3.43. The lowest BCUT2D eigenvalue weighted by Crippen LogP contribution is -2.38. The molecule has 3 heterocycles. The SMILES string of the molecule is CCC(c1nc2[nH]ncc2c(=O)n1Cc1ccccc1)N(CCN(C)C)Cc1cnc(C)nc1. The van der Waals surface area contributed by atoms with Gasteiger partial charge < -0.3 is 4.90 Å². The third-order valence-corrected chi connectivity index (χ3v) is 5.96. The first-order valence-electron chi connectivity index (χ1n) is 11.6. The number of hydrogen-bond acceptors (Lipinski definition) is 7. The number of rotatable bonds is 10. The summed E-state index contributed by atoms with van der Waals surface area (Å²) < 4.78 is 1.80. The van der Waals surface area contributed by atoms with E-state index >= 15 is 0 Å². The fourth-order valence-electron chi connectivity index (χ4n) is 4.13. The molecule has 1 unspecified atom stereocenters. The van der Waals surface area contributed by atoms with Crippen molar-refractivity contribution >= 4 is 11.0 Å². The van der Waals surface area contributed by atoms with Crippen LogP contribution in [0.15, 0.2) is 53.7 Å². The zero-order valence-corrected chi connectivity index (χ0v) is 20.3. The van der Waals surface area contributed by atoms with Crippen molar-refractivity contribution in [3.63, 3.8) is 0 Å². The van der Waals surface area contributed by atoms with Gasteiger partial charge in [0.15, 0.2) is 5.65 Å². The first kappa shape index (κ1) is 23.7. The minimum Gasteiger partial charge on any atom is -0.308 e. The van der Waals surface area contributed by atoms with Crippen LogP contribution in [0, 0.1) is 6.92 Å². The van der Waals surface area contributed by atoms with Gasteiger partial charge in [-0.25, -0.2) is 15.0 Å². The Balaban J connectivity index is 1.79. The van der Waals surface area contributed by atoms with Gasteiger partial charge in [-0.3, -0.25) is 19.4 Å². The maximum atomic E-state index is 13.5. The monoisotopic (exact) mass is 460 g/mol. The number of aromatic nitrogens is 6. The van der Waals surface area contributed by atoms with E-state index in [9.17, 15) is 4.79 Å². The molecular formula is C25H32N8O. The second-order valence-corrected chi connectivity index (χ2v) is 8.82. The summed E-state index contributed by atoms with van der Waals surface area (Å²) in [5.41, 5.74) is 2.52. The lowest BCUT2D eigenvalue weighted by Gasteiger charge is -2.33. The molecule has 3 aromatic heterocycles. The Morgan fingerprint density at radius 3 is 2.44 bits per heavy atom. The smallest absolute Gasteiger partial charge is 0.265 e. The van der Waals surface area contributed by atoms with E-state index < -0.39 is 0 Å². The van der Waals surface area contributed by atoms with E-state index in [1.807, 2.05) is 49.6 Å². The summed E-state index contributed by atoms with van der Waals surface area (Å²) in [5.74, 6) is 1.48. The Labute approximate surface area is 199 Å². The normalized spacial score (nSPS) is 12.6. The van der Waals surface area contributed by atoms with Gasteiger partial charge in [0.2, 0.25) is 0 Å². The van der Waals surface area contributed by atoms with Gasteiger partial charge in [0.05, 0.1) is 18.8 Å². The van der Waals surface area contributed by atoms with Gasteiger partial charge in [0.1, 0.15) is 17.0 Å². The fraction of sp³-hybridized carbons (Fsp3) is 0.400. The fourth-order valence-corrected chi connectivity index (χ4v) is 4.13. The van der Waals surface area contributed by atoms with E-state index in [1.165, 1.54) is 0 Å². The Bertz CT molecular complexity index is 1260. The maximum Gasteiger partial charge on any atom is 0.265 e. The molecule has 1 N–H and O–H groups in total. The van der Waals surface area contributed by atoms with Crippen molar-refractivity contribution in [2.45, 2.75) is 39.4 Å². The summed E-state index contributed by atoms with van der Waals surface area (Å²) in [7, 11) is 4.13. The van der Waals surface area contributed by atoms with Gasteiger partial charge in [-0.1, -0.05) is 37.3 Å². The van der Waals surface area contributed by atoms with Crippen molar-refractivity contribution in [1.82, 2.24) is 39.5 Å². The number of hydrogen-bond donors (Lipinski definition) is 1. The second kappa shape index (κ2) is 10.7. The third kappa shape index (κ3) is 5.37. The molecule has 0 saturated carbocycles. The van der Waals surface area contributed by atoms with Gasteiger partial charge in [-0.2, -0.15) is 5.10 Å². The van der Waals surface area contributed by atoms with Gasteiger partial charge in [-0.15, -0.1) is 0 Å². The molecule has 0 radical (unpaired) electrons. The highest BCUT2D eigenvalue weighted by molar-refractivity contribution is 5.72. The van der Waals surface area contributed by atoms with Crippen LogP contribution in [0.3, 0.4) is 0 Å². The predicted octanol–water partition coefficient (Wildman–Crippen LogP) is 2.78. The standard InChI is InChI=1S/C25H32N8O/c1-5-22(32(12-11-31(3)4)16-20-13-26-18(2)27-14-20)24-29-23-21(15-28-30-23)25(34)33(24)17-19-9-7-6-8-10-19/h6-10,13-15,22H,5,11-12,16-17H2,1-4H3,(H,28,30). The van der Waals surface area contributed by atoms with Crippen molar-refractivity contribution in [3.8, 4) is 0 Å². The van der Waals surface area contributed by atoms with Gasteiger partial charge >= 0.3 is 0 Å².